The molecule has 0 heterocycles. The highest BCUT2D eigenvalue weighted by Crippen LogP contribution is 2.32. The first-order chi connectivity index (χ1) is 10.2. The van der Waals surface area contributed by atoms with Gasteiger partial charge in [-0.15, -0.1) is 0 Å². The van der Waals surface area contributed by atoms with Gasteiger partial charge in [0.05, 0.1) is 6.10 Å². The molecule has 1 atom stereocenters. The standard InChI is InChI=1S/C17H36O3Si/c1-5-14-18-21(8-4,19-15-6-2)20-17(7-3)16-12-10-9-11-13-16/h16-17H,5-15H2,1-4H3. The molecule has 1 saturated carbocycles. The topological polar surface area (TPSA) is 27.7 Å². The van der Waals surface area contributed by atoms with E-state index in [2.05, 4.69) is 27.7 Å². The van der Waals surface area contributed by atoms with Gasteiger partial charge in [-0.2, -0.15) is 0 Å². The zero-order valence-electron chi connectivity index (χ0n) is 14.7. The Bertz CT molecular complexity index is 246. The van der Waals surface area contributed by atoms with Crippen LogP contribution in [0, 0.1) is 5.92 Å². The molecule has 0 amide bonds. The normalized spacial score (nSPS) is 18.9. The molecule has 0 aromatic carbocycles. The summed E-state index contributed by atoms with van der Waals surface area (Å²) in [6, 6.07) is 0.885. The second-order valence-electron chi connectivity index (χ2n) is 6.20. The average Bonchev–Trinajstić information content (AvgIpc) is 2.55. The Morgan fingerprint density at radius 2 is 1.48 bits per heavy atom. The molecule has 4 heteroatoms. The number of hydrogen-bond donors (Lipinski definition) is 0. The highest BCUT2D eigenvalue weighted by Gasteiger charge is 2.42. The van der Waals surface area contributed by atoms with Crippen LogP contribution < -0.4 is 0 Å². The van der Waals surface area contributed by atoms with Gasteiger partial charge >= 0.3 is 8.80 Å². The van der Waals surface area contributed by atoms with Crippen LogP contribution in [0.3, 0.4) is 0 Å². The molecule has 3 nitrogen and oxygen atoms in total. The van der Waals surface area contributed by atoms with Gasteiger partial charge in [0.15, 0.2) is 0 Å². The molecule has 0 N–H and O–H groups in total. The van der Waals surface area contributed by atoms with Crippen molar-refractivity contribution in [2.24, 2.45) is 5.92 Å². The van der Waals surface area contributed by atoms with Crippen molar-refractivity contribution in [1.82, 2.24) is 0 Å². The first-order valence-corrected chi connectivity index (χ1v) is 11.1. The fourth-order valence-electron chi connectivity index (χ4n) is 3.16. The van der Waals surface area contributed by atoms with Gasteiger partial charge in [0.1, 0.15) is 0 Å². The average molecular weight is 317 g/mol. The fraction of sp³-hybridized carbons (Fsp3) is 1.00. The minimum atomic E-state index is -2.48. The van der Waals surface area contributed by atoms with E-state index in [4.69, 9.17) is 13.3 Å². The minimum Gasteiger partial charge on any atom is -0.373 e. The zero-order chi connectivity index (χ0) is 15.6. The summed E-state index contributed by atoms with van der Waals surface area (Å²) in [4.78, 5) is 0. The van der Waals surface area contributed by atoms with E-state index >= 15 is 0 Å². The largest absolute Gasteiger partial charge is 0.500 e. The maximum absolute atomic E-state index is 6.57. The molecular weight excluding hydrogens is 280 g/mol. The molecule has 0 radical (unpaired) electrons. The lowest BCUT2D eigenvalue weighted by Gasteiger charge is -2.37. The van der Waals surface area contributed by atoms with E-state index in [0.29, 0.717) is 12.0 Å². The third-order valence-corrected chi connectivity index (χ3v) is 7.21. The first-order valence-electron chi connectivity index (χ1n) is 9.17. The summed E-state index contributed by atoms with van der Waals surface area (Å²) in [5.41, 5.74) is 0. The van der Waals surface area contributed by atoms with Crippen molar-refractivity contribution in [1.29, 1.82) is 0 Å². The van der Waals surface area contributed by atoms with E-state index in [-0.39, 0.29) is 0 Å². The summed E-state index contributed by atoms with van der Waals surface area (Å²) in [6.07, 6.45) is 10.2. The maximum atomic E-state index is 6.57. The van der Waals surface area contributed by atoms with Crippen molar-refractivity contribution < 1.29 is 13.3 Å². The Hall–Kier alpha value is 0.0969. The van der Waals surface area contributed by atoms with Crippen LogP contribution in [0.5, 0.6) is 0 Å². The fourth-order valence-corrected chi connectivity index (χ4v) is 5.81. The zero-order valence-corrected chi connectivity index (χ0v) is 15.7. The lowest BCUT2D eigenvalue weighted by atomic mass is 9.84. The van der Waals surface area contributed by atoms with Crippen molar-refractivity contribution >= 4 is 8.80 Å². The van der Waals surface area contributed by atoms with E-state index < -0.39 is 8.80 Å². The van der Waals surface area contributed by atoms with Crippen molar-refractivity contribution in [3.8, 4) is 0 Å². The van der Waals surface area contributed by atoms with E-state index in [1.54, 1.807) is 0 Å². The highest BCUT2D eigenvalue weighted by atomic mass is 28.4. The van der Waals surface area contributed by atoms with Crippen LogP contribution >= 0.6 is 0 Å². The summed E-state index contributed by atoms with van der Waals surface area (Å²) in [6.45, 7) is 10.2. The summed E-state index contributed by atoms with van der Waals surface area (Å²) in [5.74, 6) is 0.706. The van der Waals surface area contributed by atoms with Crippen LogP contribution in [-0.2, 0) is 13.3 Å². The van der Waals surface area contributed by atoms with Gasteiger partial charge in [0.2, 0.25) is 0 Å². The van der Waals surface area contributed by atoms with Crippen molar-refractivity contribution in [3.05, 3.63) is 0 Å². The number of rotatable bonds is 11. The first kappa shape index (κ1) is 19.1. The van der Waals surface area contributed by atoms with Crippen LogP contribution in [0.15, 0.2) is 0 Å². The third-order valence-electron chi connectivity index (χ3n) is 4.39. The lowest BCUT2D eigenvalue weighted by molar-refractivity contribution is -0.00344. The molecule has 0 bridgehead atoms. The molecule has 1 aliphatic carbocycles. The lowest BCUT2D eigenvalue weighted by Crippen LogP contribution is -2.49. The van der Waals surface area contributed by atoms with Crippen molar-refractivity contribution in [3.63, 3.8) is 0 Å². The van der Waals surface area contributed by atoms with Crippen LogP contribution in [-0.4, -0.2) is 28.1 Å². The van der Waals surface area contributed by atoms with Gasteiger partial charge < -0.3 is 13.3 Å². The third kappa shape index (κ3) is 6.39. The minimum absolute atomic E-state index is 0.325. The van der Waals surface area contributed by atoms with Crippen molar-refractivity contribution in [2.45, 2.75) is 91.2 Å². The van der Waals surface area contributed by atoms with Gasteiger partial charge in [0, 0.05) is 19.3 Å². The molecule has 0 aromatic rings. The molecule has 1 rings (SSSR count). The van der Waals surface area contributed by atoms with Crippen LogP contribution in [0.25, 0.3) is 0 Å². The molecule has 0 aliphatic heterocycles. The Kier molecular flexibility index (Phi) is 9.81. The second kappa shape index (κ2) is 10.8. The molecule has 0 spiro atoms. The van der Waals surface area contributed by atoms with E-state index in [1.807, 2.05) is 0 Å². The monoisotopic (exact) mass is 316 g/mol. The highest BCUT2D eigenvalue weighted by molar-refractivity contribution is 6.60. The molecule has 126 valence electrons. The predicted molar refractivity (Wildman–Crippen MR) is 90.5 cm³/mol. The summed E-state index contributed by atoms with van der Waals surface area (Å²) in [5, 5.41) is 0. The molecule has 1 aliphatic rings. The Morgan fingerprint density at radius 1 is 0.905 bits per heavy atom. The van der Waals surface area contributed by atoms with Crippen molar-refractivity contribution in [2.75, 3.05) is 13.2 Å². The molecule has 1 fully saturated rings. The molecule has 21 heavy (non-hydrogen) atoms. The molecule has 1 unspecified atom stereocenters. The smallest absolute Gasteiger partial charge is 0.373 e. The molecule has 0 aromatic heterocycles. The van der Waals surface area contributed by atoms with E-state index in [9.17, 15) is 0 Å². The van der Waals surface area contributed by atoms with Gasteiger partial charge in [-0.05, 0) is 38.0 Å². The Balaban J connectivity index is 2.69. The van der Waals surface area contributed by atoms with Gasteiger partial charge in [0.25, 0.3) is 0 Å². The quantitative estimate of drug-likeness (QED) is 0.492. The maximum Gasteiger partial charge on any atom is 0.500 e. The van der Waals surface area contributed by atoms with Gasteiger partial charge in [-0.25, -0.2) is 0 Å². The van der Waals surface area contributed by atoms with Crippen LogP contribution in [0.2, 0.25) is 6.04 Å². The molecular formula is C17H36O3Si. The van der Waals surface area contributed by atoms with Crippen LogP contribution in [0.1, 0.15) is 79.1 Å². The second-order valence-corrected chi connectivity index (χ2v) is 9.08. The van der Waals surface area contributed by atoms with Crippen LogP contribution in [0.4, 0.5) is 0 Å². The summed E-state index contributed by atoms with van der Waals surface area (Å²) < 4.78 is 18.9. The summed E-state index contributed by atoms with van der Waals surface area (Å²) in [7, 11) is -2.48. The van der Waals surface area contributed by atoms with E-state index in [0.717, 1.165) is 38.5 Å². The van der Waals surface area contributed by atoms with E-state index in [1.165, 1.54) is 32.1 Å². The number of hydrogen-bond acceptors (Lipinski definition) is 3. The Morgan fingerprint density at radius 3 is 1.90 bits per heavy atom. The van der Waals surface area contributed by atoms with Gasteiger partial charge in [-0.3, -0.25) is 0 Å². The SMILES string of the molecule is CCCO[Si](CC)(OCCC)OC(CC)C1CCCCC1. The summed E-state index contributed by atoms with van der Waals surface area (Å²) >= 11 is 0. The Labute approximate surface area is 133 Å². The molecule has 0 saturated heterocycles. The predicted octanol–water partition coefficient (Wildman–Crippen LogP) is 5.17. The van der Waals surface area contributed by atoms with Gasteiger partial charge in [-0.1, -0.05) is 47.0 Å².